The highest BCUT2D eigenvalue weighted by molar-refractivity contribution is 7.12. The van der Waals surface area contributed by atoms with Gasteiger partial charge in [-0.3, -0.25) is 9.59 Å². The summed E-state index contributed by atoms with van der Waals surface area (Å²) in [5.74, 6) is 0.983. The number of hydrogen-bond donors (Lipinski definition) is 1. The van der Waals surface area contributed by atoms with Gasteiger partial charge in [-0.1, -0.05) is 23.7 Å². The largest absolute Gasteiger partial charge is 0.493 e. The molecule has 0 aliphatic carbocycles. The lowest BCUT2D eigenvalue weighted by atomic mass is 10.1. The van der Waals surface area contributed by atoms with Gasteiger partial charge in [0, 0.05) is 19.2 Å². The quantitative estimate of drug-likeness (QED) is 0.454. The van der Waals surface area contributed by atoms with Gasteiger partial charge in [-0.05, 0) is 60.2 Å². The van der Waals surface area contributed by atoms with Crippen LogP contribution in [0.3, 0.4) is 0 Å². The van der Waals surface area contributed by atoms with Gasteiger partial charge in [-0.15, -0.1) is 11.3 Å². The van der Waals surface area contributed by atoms with Gasteiger partial charge in [0.1, 0.15) is 0 Å². The van der Waals surface area contributed by atoms with Crippen LogP contribution in [0.5, 0.6) is 11.5 Å². The predicted molar refractivity (Wildman–Crippen MR) is 129 cm³/mol. The lowest BCUT2D eigenvalue weighted by Crippen LogP contribution is -2.28. The highest BCUT2D eigenvalue weighted by Gasteiger charge is 2.16. The fourth-order valence-corrected chi connectivity index (χ4v) is 4.01. The van der Waals surface area contributed by atoms with Crippen LogP contribution in [0.1, 0.15) is 32.0 Å². The first-order chi connectivity index (χ1) is 15.4. The molecule has 1 heterocycles. The van der Waals surface area contributed by atoms with E-state index < -0.39 is 0 Å². The molecule has 0 aliphatic heterocycles. The number of halogens is 1. The summed E-state index contributed by atoms with van der Waals surface area (Å²) in [5.41, 5.74) is 1.98. The third kappa shape index (κ3) is 5.81. The second-order valence-electron chi connectivity index (χ2n) is 7.15. The molecule has 32 heavy (non-hydrogen) atoms. The van der Waals surface area contributed by atoms with Crippen molar-refractivity contribution in [3.8, 4) is 11.5 Å². The molecule has 0 spiro atoms. The average Bonchev–Trinajstić information content (AvgIpc) is 3.35. The minimum Gasteiger partial charge on any atom is -0.493 e. The van der Waals surface area contributed by atoms with Crippen molar-refractivity contribution in [2.24, 2.45) is 0 Å². The van der Waals surface area contributed by atoms with Crippen LogP contribution in [0, 0.1) is 0 Å². The Morgan fingerprint density at radius 2 is 1.84 bits per heavy atom. The van der Waals surface area contributed by atoms with Gasteiger partial charge in [0.2, 0.25) is 0 Å². The van der Waals surface area contributed by atoms with Crippen LogP contribution in [-0.4, -0.2) is 44.5 Å². The SMILES string of the molecule is COc1ccc(CCCN(C)C(=O)c2ccc(Cl)c(NC(=O)c3cccs3)c2)cc1OC. The molecule has 1 aromatic heterocycles. The van der Waals surface area contributed by atoms with Gasteiger partial charge in [-0.2, -0.15) is 0 Å². The summed E-state index contributed by atoms with van der Waals surface area (Å²) in [6.07, 6.45) is 1.58. The normalized spacial score (nSPS) is 10.5. The highest BCUT2D eigenvalue weighted by Crippen LogP contribution is 2.28. The Morgan fingerprint density at radius 1 is 1.06 bits per heavy atom. The molecule has 3 aromatic rings. The highest BCUT2D eigenvalue weighted by atomic mass is 35.5. The molecule has 0 unspecified atom stereocenters. The molecule has 0 aliphatic rings. The molecule has 0 saturated heterocycles. The van der Waals surface area contributed by atoms with Crippen LogP contribution >= 0.6 is 22.9 Å². The van der Waals surface area contributed by atoms with Crippen molar-refractivity contribution in [1.82, 2.24) is 4.90 Å². The summed E-state index contributed by atoms with van der Waals surface area (Å²) in [6, 6.07) is 14.2. The van der Waals surface area contributed by atoms with E-state index in [1.165, 1.54) is 11.3 Å². The number of aryl methyl sites for hydroxylation is 1. The summed E-state index contributed by atoms with van der Waals surface area (Å²) in [7, 11) is 4.97. The minimum absolute atomic E-state index is 0.138. The zero-order valence-corrected chi connectivity index (χ0v) is 19.8. The van der Waals surface area contributed by atoms with Gasteiger partial charge < -0.3 is 19.7 Å². The Bertz CT molecular complexity index is 1090. The van der Waals surface area contributed by atoms with E-state index in [1.54, 1.807) is 56.5 Å². The summed E-state index contributed by atoms with van der Waals surface area (Å²) in [5, 5.41) is 4.98. The Kier molecular flexibility index (Phi) is 8.14. The molecule has 6 nitrogen and oxygen atoms in total. The molecule has 0 saturated carbocycles. The van der Waals surface area contributed by atoms with Gasteiger partial charge in [0.05, 0.1) is 29.8 Å². The molecular weight excluding hydrogens is 448 g/mol. The second-order valence-corrected chi connectivity index (χ2v) is 8.50. The summed E-state index contributed by atoms with van der Waals surface area (Å²) in [4.78, 5) is 27.5. The van der Waals surface area contributed by atoms with E-state index in [0.717, 1.165) is 18.4 Å². The van der Waals surface area contributed by atoms with E-state index in [2.05, 4.69) is 5.32 Å². The van der Waals surface area contributed by atoms with Crippen molar-refractivity contribution in [1.29, 1.82) is 0 Å². The fourth-order valence-electron chi connectivity index (χ4n) is 3.22. The molecular formula is C24H25ClN2O4S. The number of nitrogens with zero attached hydrogens (tertiary/aromatic N) is 1. The predicted octanol–water partition coefficient (Wildman–Crippen LogP) is 5.38. The number of carbonyl (C=O) groups is 2. The standard InChI is InChI=1S/C24H25ClN2O4S/c1-27(12-4-6-16-8-11-20(30-2)21(14-16)31-3)24(29)17-9-10-18(25)19(15-17)26-23(28)22-7-5-13-32-22/h5,7-11,13-15H,4,6,12H2,1-3H3,(H,26,28). The fraction of sp³-hybridized carbons (Fsp3) is 0.250. The van der Waals surface area contributed by atoms with Gasteiger partial charge in [0.15, 0.2) is 11.5 Å². The van der Waals surface area contributed by atoms with Crippen LogP contribution in [0.2, 0.25) is 5.02 Å². The number of thiophene rings is 1. The van der Waals surface area contributed by atoms with E-state index in [0.29, 0.717) is 39.2 Å². The number of carbonyl (C=O) groups excluding carboxylic acids is 2. The van der Waals surface area contributed by atoms with E-state index in [1.807, 2.05) is 23.6 Å². The monoisotopic (exact) mass is 472 g/mol. The lowest BCUT2D eigenvalue weighted by molar-refractivity contribution is 0.0793. The van der Waals surface area contributed by atoms with Gasteiger partial charge in [0.25, 0.3) is 11.8 Å². The van der Waals surface area contributed by atoms with Crippen molar-refractivity contribution in [3.05, 3.63) is 74.9 Å². The maximum absolute atomic E-state index is 12.9. The summed E-state index contributed by atoms with van der Waals surface area (Å²) in [6.45, 7) is 0.576. The van der Waals surface area contributed by atoms with Crippen molar-refractivity contribution in [3.63, 3.8) is 0 Å². The second kappa shape index (κ2) is 11.0. The summed E-state index contributed by atoms with van der Waals surface area (Å²) < 4.78 is 10.6. The summed E-state index contributed by atoms with van der Waals surface area (Å²) >= 11 is 7.57. The molecule has 168 valence electrons. The molecule has 3 rings (SSSR count). The molecule has 2 aromatic carbocycles. The average molecular weight is 473 g/mol. The first-order valence-corrected chi connectivity index (χ1v) is 11.3. The first-order valence-electron chi connectivity index (χ1n) is 10.0. The van der Waals surface area contributed by atoms with Crippen LogP contribution in [0.4, 0.5) is 5.69 Å². The number of nitrogens with one attached hydrogen (secondary N) is 1. The minimum atomic E-state index is -0.255. The van der Waals surface area contributed by atoms with Gasteiger partial charge in [-0.25, -0.2) is 0 Å². The molecule has 2 amide bonds. The topological polar surface area (TPSA) is 67.9 Å². The van der Waals surface area contributed by atoms with Crippen LogP contribution in [0.25, 0.3) is 0 Å². The third-order valence-electron chi connectivity index (χ3n) is 4.96. The maximum Gasteiger partial charge on any atom is 0.265 e. The van der Waals surface area contributed by atoms with Crippen LogP contribution in [-0.2, 0) is 6.42 Å². The van der Waals surface area contributed by atoms with Crippen molar-refractivity contribution < 1.29 is 19.1 Å². The number of anilines is 1. The van der Waals surface area contributed by atoms with E-state index in [9.17, 15) is 9.59 Å². The molecule has 0 radical (unpaired) electrons. The Labute approximate surface area is 196 Å². The zero-order chi connectivity index (χ0) is 23.1. The van der Waals surface area contributed by atoms with Crippen molar-refractivity contribution in [2.75, 3.05) is 33.1 Å². The van der Waals surface area contributed by atoms with Crippen molar-refractivity contribution >= 4 is 40.4 Å². The molecule has 0 fully saturated rings. The van der Waals surface area contributed by atoms with E-state index in [4.69, 9.17) is 21.1 Å². The lowest BCUT2D eigenvalue weighted by Gasteiger charge is -2.18. The number of hydrogen-bond acceptors (Lipinski definition) is 5. The zero-order valence-electron chi connectivity index (χ0n) is 18.2. The molecule has 0 bridgehead atoms. The molecule has 8 heteroatoms. The van der Waals surface area contributed by atoms with E-state index in [-0.39, 0.29) is 11.8 Å². The molecule has 0 atom stereocenters. The number of amides is 2. The number of benzene rings is 2. The Hall–Kier alpha value is -3.03. The molecule has 1 N–H and O–H groups in total. The van der Waals surface area contributed by atoms with Crippen LogP contribution < -0.4 is 14.8 Å². The number of rotatable bonds is 9. The Morgan fingerprint density at radius 3 is 2.53 bits per heavy atom. The number of methoxy groups -OCH3 is 2. The van der Waals surface area contributed by atoms with Gasteiger partial charge >= 0.3 is 0 Å². The first kappa shape index (κ1) is 23.6. The maximum atomic E-state index is 12.9. The van der Waals surface area contributed by atoms with Crippen molar-refractivity contribution in [2.45, 2.75) is 12.8 Å². The Balaban J connectivity index is 1.60. The third-order valence-corrected chi connectivity index (χ3v) is 6.16. The number of ether oxygens (including phenoxy) is 2. The smallest absolute Gasteiger partial charge is 0.265 e. The van der Waals surface area contributed by atoms with Crippen LogP contribution in [0.15, 0.2) is 53.9 Å². The van der Waals surface area contributed by atoms with E-state index >= 15 is 0 Å².